The Morgan fingerprint density at radius 3 is 2.69 bits per heavy atom. The molecule has 2 aliphatic heterocycles. The summed E-state index contributed by atoms with van der Waals surface area (Å²) in [5.74, 6) is 0.621. The van der Waals surface area contributed by atoms with Gasteiger partial charge >= 0.3 is 0 Å². The minimum Gasteiger partial charge on any atom is -0.479 e. The molecule has 142 valence electrons. The third-order valence-electron chi connectivity index (χ3n) is 5.13. The van der Waals surface area contributed by atoms with Gasteiger partial charge in [-0.05, 0) is 44.9 Å². The number of hydrogen-bond acceptors (Lipinski definition) is 4. The van der Waals surface area contributed by atoms with Crippen molar-refractivity contribution in [1.29, 1.82) is 0 Å². The number of benzene rings is 1. The van der Waals surface area contributed by atoms with Crippen LogP contribution in [0.3, 0.4) is 0 Å². The van der Waals surface area contributed by atoms with E-state index < -0.39 is 6.10 Å². The van der Waals surface area contributed by atoms with E-state index in [1.165, 1.54) is 6.42 Å². The molecule has 1 unspecified atom stereocenters. The second-order valence-corrected chi connectivity index (χ2v) is 7.15. The first kappa shape index (κ1) is 18.7. The van der Waals surface area contributed by atoms with E-state index in [0.717, 1.165) is 38.2 Å². The van der Waals surface area contributed by atoms with Crippen LogP contribution in [-0.4, -0.2) is 55.0 Å². The summed E-state index contributed by atoms with van der Waals surface area (Å²) >= 11 is 0. The van der Waals surface area contributed by atoms with E-state index >= 15 is 0 Å². The highest BCUT2D eigenvalue weighted by Gasteiger charge is 2.31. The van der Waals surface area contributed by atoms with Crippen molar-refractivity contribution in [3.05, 3.63) is 24.3 Å². The number of carbonyl (C=O) groups is 2. The van der Waals surface area contributed by atoms with Gasteiger partial charge in [-0.15, -0.1) is 0 Å². The summed E-state index contributed by atoms with van der Waals surface area (Å²) in [6.45, 7) is 7.55. The fourth-order valence-corrected chi connectivity index (χ4v) is 3.72. The monoisotopic (exact) mass is 359 g/mol. The van der Waals surface area contributed by atoms with E-state index in [2.05, 4.69) is 17.1 Å². The maximum absolute atomic E-state index is 12.5. The number of piperidine rings is 1. The summed E-state index contributed by atoms with van der Waals surface area (Å²) in [6.07, 6.45) is 2.97. The van der Waals surface area contributed by atoms with Crippen molar-refractivity contribution in [1.82, 2.24) is 10.2 Å². The molecular weight excluding hydrogens is 330 g/mol. The zero-order valence-corrected chi connectivity index (χ0v) is 15.7. The highest BCUT2D eigenvalue weighted by molar-refractivity contribution is 6.00. The van der Waals surface area contributed by atoms with E-state index in [-0.39, 0.29) is 17.9 Å². The minimum absolute atomic E-state index is 0.0170. The Bertz CT molecular complexity index is 641. The molecule has 0 bridgehead atoms. The molecule has 0 saturated carbocycles. The van der Waals surface area contributed by atoms with Gasteiger partial charge in [-0.25, -0.2) is 0 Å². The second-order valence-electron chi connectivity index (χ2n) is 7.15. The van der Waals surface area contributed by atoms with Gasteiger partial charge in [0.2, 0.25) is 5.91 Å². The quantitative estimate of drug-likeness (QED) is 0.846. The van der Waals surface area contributed by atoms with Gasteiger partial charge in [-0.3, -0.25) is 9.59 Å². The van der Waals surface area contributed by atoms with Crippen LogP contribution in [0, 0.1) is 0 Å². The fourth-order valence-electron chi connectivity index (χ4n) is 3.72. The van der Waals surface area contributed by atoms with Crippen LogP contribution in [-0.2, 0) is 9.59 Å². The van der Waals surface area contributed by atoms with E-state index in [1.807, 2.05) is 24.3 Å². The van der Waals surface area contributed by atoms with Crippen LogP contribution >= 0.6 is 0 Å². The highest BCUT2D eigenvalue weighted by atomic mass is 16.5. The number of nitrogens with zero attached hydrogens (tertiary/aromatic N) is 2. The van der Waals surface area contributed by atoms with Crippen LogP contribution in [0.5, 0.6) is 5.75 Å². The third kappa shape index (κ3) is 4.36. The van der Waals surface area contributed by atoms with E-state index in [1.54, 1.807) is 11.8 Å². The topological polar surface area (TPSA) is 61.9 Å². The molecule has 2 amide bonds. The molecular formula is C20H29N3O3. The van der Waals surface area contributed by atoms with Crippen molar-refractivity contribution < 1.29 is 14.3 Å². The summed E-state index contributed by atoms with van der Waals surface area (Å²) < 4.78 is 5.64. The molecule has 0 aromatic heterocycles. The molecule has 2 aliphatic rings. The van der Waals surface area contributed by atoms with E-state index in [0.29, 0.717) is 18.7 Å². The Hall–Kier alpha value is -2.08. The van der Waals surface area contributed by atoms with Gasteiger partial charge in [-0.1, -0.05) is 19.1 Å². The number of fused-ring (bicyclic) bond motifs is 1. The molecule has 1 aromatic carbocycles. The van der Waals surface area contributed by atoms with Crippen LogP contribution < -0.4 is 15.0 Å². The Balaban J connectivity index is 1.51. The summed E-state index contributed by atoms with van der Waals surface area (Å²) in [5.41, 5.74) is 0.747. The number of hydrogen-bond donors (Lipinski definition) is 1. The predicted octanol–water partition coefficient (Wildman–Crippen LogP) is 2.18. The zero-order chi connectivity index (χ0) is 18.5. The molecule has 1 N–H and O–H groups in total. The first-order chi connectivity index (χ1) is 12.6. The van der Waals surface area contributed by atoms with Crippen LogP contribution in [0.15, 0.2) is 24.3 Å². The SMILES string of the molecule is CCCN1CCC(NC(=O)CCN2C(=O)C(C)Oc3ccccc32)CC1. The molecule has 26 heavy (non-hydrogen) atoms. The van der Waals surface area contributed by atoms with Crippen molar-refractivity contribution in [3.8, 4) is 5.75 Å². The molecule has 1 saturated heterocycles. The Kier molecular flexibility index (Phi) is 6.14. The fraction of sp³-hybridized carbons (Fsp3) is 0.600. The smallest absolute Gasteiger partial charge is 0.267 e. The van der Waals surface area contributed by atoms with Crippen LogP contribution in [0.2, 0.25) is 0 Å². The lowest BCUT2D eigenvalue weighted by Gasteiger charge is -2.34. The lowest BCUT2D eigenvalue weighted by molar-refractivity contribution is -0.125. The minimum atomic E-state index is -0.518. The predicted molar refractivity (Wildman–Crippen MR) is 101 cm³/mol. The maximum atomic E-state index is 12.5. The number of carbonyl (C=O) groups excluding carboxylic acids is 2. The first-order valence-electron chi connectivity index (χ1n) is 9.67. The normalized spacial score (nSPS) is 21.2. The molecule has 0 radical (unpaired) electrons. The molecule has 0 aliphatic carbocycles. The van der Waals surface area contributed by atoms with Crippen molar-refractivity contribution in [3.63, 3.8) is 0 Å². The van der Waals surface area contributed by atoms with E-state index in [9.17, 15) is 9.59 Å². The standard InChI is InChI=1S/C20H29N3O3/c1-3-11-22-12-8-16(9-13-22)21-19(24)10-14-23-17-6-4-5-7-18(17)26-15(2)20(23)25/h4-7,15-16H,3,8-14H2,1-2H3,(H,21,24). The lowest BCUT2D eigenvalue weighted by Crippen LogP contribution is -2.47. The number of rotatable bonds is 6. The highest BCUT2D eigenvalue weighted by Crippen LogP contribution is 2.33. The number of likely N-dealkylation sites (tertiary alicyclic amines) is 1. The van der Waals surface area contributed by atoms with Crippen molar-refractivity contribution >= 4 is 17.5 Å². The van der Waals surface area contributed by atoms with Crippen molar-refractivity contribution in [2.24, 2.45) is 0 Å². The third-order valence-corrected chi connectivity index (χ3v) is 5.13. The second kappa shape index (κ2) is 8.54. The largest absolute Gasteiger partial charge is 0.479 e. The van der Waals surface area contributed by atoms with E-state index in [4.69, 9.17) is 4.74 Å². The Morgan fingerprint density at radius 1 is 1.23 bits per heavy atom. The van der Waals surface area contributed by atoms with Gasteiger partial charge in [-0.2, -0.15) is 0 Å². The number of anilines is 1. The molecule has 1 aromatic rings. The van der Waals surface area contributed by atoms with Gasteiger partial charge in [0.05, 0.1) is 5.69 Å². The van der Waals surface area contributed by atoms with Crippen molar-refractivity contribution in [2.75, 3.05) is 31.1 Å². The molecule has 3 rings (SSSR count). The zero-order valence-electron chi connectivity index (χ0n) is 15.7. The maximum Gasteiger partial charge on any atom is 0.267 e. The average molecular weight is 359 g/mol. The van der Waals surface area contributed by atoms with Crippen LogP contribution in [0.1, 0.15) is 39.5 Å². The number of amides is 2. The lowest BCUT2D eigenvalue weighted by atomic mass is 10.0. The van der Waals surface area contributed by atoms with Gasteiger partial charge < -0.3 is 19.9 Å². The summed E-state index contributed by atoms with van der Waals surface area (Å²) in [6, 6.07) is 7.73. The Labute approximate surface area is 155 Å². The molecule has 0 spiro atoms. The molecule has 6 heteroatoms. The van der Waals surface area contributed by atoms with Gasteiger partial charge in [0.15, 0.2) is 6.10 Å². The summed E-state index contributed by atoms with van der Waals surface area (Å²) in [4.78, 5) is 28.9. The van der Waals surface area contributed by atoms with Gasteiger partial charge in [0.1, 0.15) is 5.75 Å². The number of para-hydroxylation sites is 2. The summed E-state index contributed by atoms with van der Waals surface area (Å²) in [7, 11) is 0. The molecule has 2 heterocycles. The first-order valence-corrected chi connectivity index (χ1v) is 9.67. The molecule has 1 fully saturated rings. The molecule has 6 nitrogen and oxygen atoms in total. The summed E-state index contributed by atoms with van der Waals surface area (Å²) in [5, 5.41) is 3.14. The number of nitrogens with one attached hydrogen (secondary N) is 1. The molecule has 1 atom stereocenters. The van der Waals surface area contributed by atoms with Crippen LogP contribution in [0.4, 0.5) is 5.69 Å². The number of ether oxygens (including phenoxy) is 1. The Morgan fingerprint density at radius 2 is 1.96 bits per heavy atom. The van der Waals surface area contributed by atoms with Gasteiger partial charge in [0, 0.05) is 32.1 Å². The van der Waals surface area contributed by atoms with Crippen molar-refractivity contribution in [2.45, 2.75) is 51.7 Å². The van der Waals surface area contributed by atoms with Crippen LogP contribution in [0.25, 0.3) is 0 Å². The van der Waals surface area contributed by atoms with Gasteiger partial charge in [0.25, 0.3) is 5.91 Å². The average Bonchev–Trinajstić information content (AvgIpc) is 2.64.